The Hall–Kier alpha value is -0.940. The zero-order chi connectivity index (χ0) is 15.5. The molecule has 116 valence electrons. The normalized spacial score (nSPS) is 15.0. The van der Waals surface area contributed by atoms with Crippen LogP contribution < -0.4 is 4.31 Å². The molecule has 0 N–H and O–H groups in total. The van der Waals surface area contributed by atoms with Gasteiger partial charge in [0.15, 0.2) is 0 Å². The Kier molecular flexibility index (Phi) is 5.14. The van der Waals surface area contributed by atoms with E-state index in [0.717, 1.165) is 30.9 Å². The molecule has 0 saturated carbocycles. The second-order valence-electron chi connectivity index (χ2n) is 5.01. The van der Waals surface area contributed by atoms with E-state index in [1.807, 2.05) is 12.1 Å². The SMILES string of the molecule is Fc1ccc(N2SN(CCCCl)Cc3ccccc32)cc1Cl. The van der Waals surface area contributed by atoms with Crippen LogP contribution in [-0.4, -0.2) is 16.7 Å². The topological polar surface area (TPSA) is 6.48 Å². The van der Waals surface area contributed by atoms with Crippen LogP contribution >= 0.6 is 35.3 Å². The Morgan fingerprint density at radius 1 is 1.18 bits per heavy atom. The molecule has 0 bridgehead atoms. The predicted molar refractivity (Wildman–Crippen MR) is 93.3 cm³/mol. The molecule has 0 aliphatic carbocycles. The molecule has 3 rings (SSSR count). The number of anilines is 2. The quantitative estimate of drug-likeness (QED) is 0.518. The van der Waals surface area contributed by atoms with Crippen molar-refractivity contribution < 1.29 is 4.39 Å². The molecule has 0 fully saturated rings. The maximum absolute atomic E-state index is 13.4. The highest BCUT2D eigenvalue weighted by Gasteiger charge is 2.24. The summed E-state index contributed by atoms with van der Waals surface area (Å²) in [6, 6.07) is 13.0. The number of hydrogen-bond donors (Lipinski definition) is 0. The maximum atomic E-state index is 13.4. The average molecular weight is 357 g/mol. The zero-order valence-corrected chi connectivity index (χ0v) is 14.1. The van der Waals surface area contributed by atoms with Crippen molar-refractivity contribution in [1.82, 2.24) is 4.31 Å². The monoisotopic (exact) mass is 356 g/mol. The number of nitrogens with zero attached hydrogens (tertiary/aromatic N) is 2. The minimum Gasteiger partial charge on any atom is -0.271 e. The van der Waals surface area contributed by atoms with Crippen LogP contribution in [0.2, 0.25) is 5.02 Å². The van der Waals surface area contributed by atoms with Gasteiger partial charge in [-0.15, -0.1) is 11.6 Å². The van der Waals surface area contributed by atoms with Crippen molar-refractivity contribution in [2.75, 3.05) is 16.7 Å². The minimum absolute atomic E-state index is 0.133. The highest BCUT2D eigenvalue weighted by Crippen LogP contribution is 2.42. The van der Waals surface area contributed by atoms with Crippen LogP contribution in [0.4, 0.5) is 15.8 Å². The molecule has 0 atom stereocenters. The molecule has 1 aliphatic rings. The Labute approximate surface area is 144 Å². The lowest BCUT2D eigenvalue weighted by molar-refractivity contribution is 0.461. The third-order valence-electron chi connectivity index (χ3n) is 3.43. The van der Waals surface area contributed by atoms with Gasteiger partial charge < -0.3 is 0 Å². The first kappa shape index (κ1) is 15.9. The molecule has 1 aliphatic heterocycles. The van der Waals surface area contributed by atoms with Crippen molar-refractivity contribution in [2.24, 2.45) is 0 Å². The summed E-state index contributed by atoms with van der Waals surface area (Å²) in [6.07, 6.45) is 0.925. The van der Waals surface area contributed by atoms with Gasteiger partial charge in [0.2, 0.25) is 0 Å². The van der Waals surface area contributed by atoms with Crippen LogP contribution in [0.5, 0.6) is 0 Å². The maximum Gasteiger partial charge on any atom is 0.141 e. The van der Waals surface area contributed by atoms with E-state index >= 15 is 0 Å². The van der Waals surface area contributed by atoms with Crippen LogP contribution in [0.1, 0.15) is 12.0 Å². The molecule has 0 saturated heterocycles. The van der Waals surface area contributed by atoms with E-state index in [2.05, 4.69) is 20.7 Å². The second-order valence-corrected chi connectivity index (χ2v) is 6.84. The Morgan fingerprint density at radius 2 is 2.00 bits per heavy atom. The third-order valence-corrected chi connectivity index (χ3v) is 5.10. The molecule has 6 heteroatoms. The van der Waals surface area contributed by atoms with E-state index in [4.69, 9.17) is 23.2 Å². The van der Waals surface area contributed by atoms with Gasteiger partial charge in [-0.1, -0.05) is 29.8 Å². The standard InChI is InChI=1S/C16H15Cl2FN2S/c17-8-3-9-20-11-12-4-1-2-5-16(12)21(22-20)13-6-7-15(19)14(18)10-13/h1-2,4-7,10H,3,8-9,11H2. The Bertz CT molecular complexity index is 668. The highest BCUT2D eigenvalue weighted by molar-refractivity contribution is 7.98. The van der Waals surface area contributed by atoms with E-state index < -0.39 is 5.82 Å². The summed E-state index contributed by atoms with van der Waals surface area (Å²) in [7, 11) is 0. The molecule has 2 aromatic carbocycles. The fraction of sp³-hybridized carbons (Fsp3) is 0.250. The first-order chi connectivity index (χ1) is 10.7. The molecule has 2 aromatic rings. The van der Waals surface area contributed by atoms with Crippen molar-refractivity contribution in [3.63, 3.8) is 0 Å². The van der Waals surface area contributed by atoms with Crippen LogP contribution in [-0.2, 0) is 6.54 Å². The number of benzene rings is 2. The molecule has 0 spiro atoms. The lowest BCUT2D eigenvalue weighted by Crippen LogP contribution is -2.29. The van der Waals surface area contributed by atoms with Crippen LogP contribution in [0.3, 0.4) is 0 Å². The fourth-order valence-corrected chi connectivity index (χ4v) is 3.78. The van der Waals surface area contributed by atoms with Crippen molar-refractivity contribution in [2.45, 2.75) is 13.0 Å². The summed E-state index contributed by atoms with van der Waals surface area (Å²) in [5.74, 6) is 0.237. The largest absolute Gasteiger partial charge is 0.271 e. The number of alkyl halides is 1. The molecular weight excluding hydrogens is 342 g/mol. The summed E-state index contributed by atoms with van der Waals surface area (Å²) < 4.78 is 17.8. The van der Waals surface area contributed by atoms with Gasteiger partial charge >= 0.3 is 0 Å². The number of fused-ring (bicyclic) bond motifs is 1. The summed E-state index contributed by atoms with van der Waals surface area (Å²) in [5.41, 5.74) is 3.20. The van der Waals surface area contributed by atoms with Crippen molar-refractivity contribution in [3.8, 4) is 0 Å². The molecule has 2 nitrogen and oxygen atoms in total. The van der Waals surface area contributed by atoms with Crippen LogP contribution in [0.25, 0.3) is 0 Å². The van der Waals surface area contributed by atoms with Gasteiger partial charge in [-0.05, 0) is 36.2 Å². The van der Waals surface area contributed by atoms with E-state index in [0.29, 0.717) is 5.88 Å². The van der Waals surface area contributed by atoms with Gasteiger partial charge in [0, 0.05) is 31.1 Å². The number of hydrogen-bond acceptors (Lipinski definition) is 3. The molecule has 1 heterocycles. The van der Waals surface area contributed by atoms with E-state index in [-0.39, 0.29) is 5.02 Å². The van der Waals surface area contributed by atoms with Gasteiger partial charge in [0.1, 0.15) is 5.82 Å². The van der Waals surface area contributed by atoms with Crippen LogP contribution in [0.15, 0.2) is 42.5 Å². The molecule has 0 aromatic heterocycles. The van der Waals surface area contributed by atoms with E-state index in [1.165, 1.54) is 11.6 Å². The molecular formula is C16H15Cl2FN2S. The lowest BCUT2D eigenvalue weighted by atomic mass is 10.1. The molecule has 0 amide bonds. The third kappa shape index (κ3) is 3.35. The van der Waals surface area contributed by atoms with E-state index in [9.17, 15) is 4.39 Å². The smallest absolute Gasteiger partial charge is 0.141 e. The van der Waals surface area contributed by atoms with Crippen LogP contribution in [0, 0.1) is 5.82 Å². The Morgan fingerprint density at radius 3 is 2.77 bits per heavy atom. The summed E-state index contributed by atoms with van der Waals surface area (Å²) in [5, 5.41) is 0.133. The number of halogens is 3. The van der Waals surface area contributed by atoms with Gasteiger partial charge in [0.05, 0.1) is 16.4 Å². The first-order valence-corrected chi connectivity index (χ1v) is 8.65. The first-order valence-electron chi connectivity index (χ1n) is 7.01. The Balaban J connectivity index is 1.95. The summed E-state index contributed by atoms with van der Waals surface area (Å²) in [4.78, 5) is 0. The van der Waals surface area contributed by atoms with Crippen molar-refractivity contribution in [3.05, 3.63) is 58.9 Å². The van der Waals surface area contributed by atoms with Crippen molar-refractivity contribution >= 4 is 46.7 Å². The summed E-state index contributed by atoms with van der Waals surface area (Å²) >= 11 is 13.4. The van der Waals surface area contributed by atoms with Crippen molar-refractivity contribution in [1.29, 1.82) is 0 Å². The predicted octanol–water partition coefficient (Wildman–Crippen LogP) is 5.62. The van der Waals surface area contributed by atoms with Gasteiger partial charge in [0.25, 0.3) is 0 Å². The zero-order valence-electron chi connectivity index (χ0n) is 11.8. The highest BCUT2D eigenvalue weighted by atomic mass is 35.5. The van der Waals surface area contributed by atoms with Gasteiger partial charge in [-0.2, -0.15) is 0 Å². The number of para-hydroxylation sites is 1. The van der Waals surface area contributed by atoms with Gasteiger partial charge in [-0.25, -0.2) is 8.70 Å². The van der Waals surface area contributed by atoms with E-state index in [1.54, 1.807) is 24.3 Å². The average Bonchev–Trinajstić information content (AvgIpc) is 2.54. The molecule has 0 unspecified atom stereocenters. The lowest BCUT2D eigenvalue weighted by Gasteiger charge is -2.36. The molecule has 22 heavy (non-hydrogen) atoms. The number of rotatable bonds is 4. The minimum atomic E-state index is -0.403. The molecule has 0 radical (unpaired) electrons. The summed E-state index contributed by atoms with van der Waals surface area (Å²) in [6.45, 7) is 1.76. The van der Waals surface area contributed by atoms with Gasteiger partial charge in [-0.3, -0.25) is 4.31 Å². The second kappa shape index (κ2) is 7.09. The fourth-order valence-electron chi connectivity index (χ4n) is 2.37.